The summed E-state index contributed by atoms with van der Waals surface area (Å²) < 4.78 is 5.17. The lowest BCUT2D eigenvalue weighted by Gasteiger charge is -2.32. The predicted molar refractivity (Wildman–Crippen MR) is 129 cm³/mol. The minimum atomic E-state index is -0.116. The SMILES string of the molecule is CCOC(=O)C1CCN(CC(=O)N2N=C(c3ccccc3)CC2c2cc(C)ccc2C)CC1. The van der Waals surface area contributed by atoms with E-state index in [1.54, 1.807) is 5.01 Å². The zero-order chi connectivity index (χ0) is 23.4. The predicted octanol–water partition coefficient (Wildman–Crippen LogP) is 4.26. The van der Waals surface area contributed by atoms with Gasteiger partial charge in [0.25, 0.3) is 5.91 Å². The molecule has 33 heavy (non-hydrogen) atoms. The van der Waals surface area contributed by atoms with Gasteiger partial charge in [-0.05, 0) is 63.4 Å². The number of rotatable bonds is 6. The molecule has 2 aliphatic rings. The molecule has 0 aromatic heterocycles. The molecule has 0 N–H and O–H groups in total. The van der Waals surface area contributed by atoms with Crippen LogP contribution in [0.15, 0.2) is 53.6 Å². The van der Waals surface area contributed by atoms with Crippen LogP contribution in [-0.4, -0.2) is 53.7 Å². The van der Waals surface area contributed by atoms with Gasteiger partial charge in [0.2, 0.25) is 0 Å². The molecule has 1 saturated heterocycles. The summed E-state index contributed by atoms with van der Waals surface area (Å²) in [6.45, 7) is 8.16. The molecule has 1 atom stereocenters. The molecule has 4 rings (SSSR count). The third-order valence-corrected chi connectivity index (χ3v) is 6.63. The topological polar surface area (TPSA) is 62.2 Å². The van der Waals surface area contributed by atoms with Crippen molar-refractivity contribution in [2.75, 3.05) is 26.2 Å². The molecule has 2 aromatic rings. The maximum Gasteiger partial charge on any atom is 0.309 e. The lowest BCUT2D eigenvalue weighted by atomic mass is 9.94. The molecule has 0 aliphatic carbocycles. The zero-order valence-corrected chi connectivity index (χ0v) is 19.8. The van der Waals surface area contributed by atoms with E-state index in [1.165, 1.54) is 11.1 Å². The Balaban J connectivity index is 1.51. The van der Waals surface area contributed by atoms with Crippen molar-refractivity contribution < 1.29 is 14.3 Å². The van der Waals surface area contributed by atoms with Crippen LogP contribution in [0.3, 0.4) is 0 Å². The van der Waals surface area contributed by atoms with Crippen molar-refractivity contribution in [2.45, 2.75) is 46.1 Å². The van der Waals surface area contributed by atoms with E-state index in [-0.39, 0.29) is 23.8 Å². The summed E-state index contributed by atoms with van der Waals surface area (Å²) in [7, 11) is 0. The zero-order valence-electron chi connectivity index (χ0n) is 19.8. The van der Waals surface area contributed by atoms with Gasteiger partial charge in [0.05, 0.1) is 30.8 Å². The molecular weight excluding hydrogens is 414 g/mol. The lowest BCUT2D eigenvalue weighted by Crippen LogP contribution is -2.43. The number of piperidine rings is 1. The number of carbonyl (C=O) groups excluding carboxylic acids is 2. The maximum absolute atomic E-state index is 13.5. The first-order chi connectivity index (χ1) is 16.0. The molecule has 0 bridgehead atoms. The molecule has 1 amide bonds. The number of hydrogen-bond acceptors (Lipinski definition) is 5. The fourth-order valence-corrected chi connectivity index (χ4v) is 4.76. The Morgan fingerprint density at radius 1 is 1.06 bits per heavy atom. The van der Waals surface area contributed by atoms with Crippen molar-refractivity contribution in [3.63, 3.8) is 0 Å². The molecule has 1 unspecified atom stereocenters. The van der Waals surface area contributed by atoms with Gasteiger partial charge >= 0.3 is 5.97 Å². The van der Waals surface area contributed by atoms with E-state index in [0.29, 0.717) is 32.7 Å². The molecule has 0 radical (unpaired) electrons. The van der Waals surface area contributed by atoms with Crippen molar-refractivity contribution >= 4 is 17.6 Å². The monoisotopic (exact) mass is 447 g/mol. The summed E-state index contributed by atoms with van der Waals surface area (Å²) in [5, 5.41) is 6.52. The highest BCUT2D eigenvalue weighted by Crippen LogP contribution is 2.35. The first-order valence-corrected chi connectivity index (χ1v) is 11.9. The van der Waals surface area contributed by atoms with Crippen LogP contribution in [0.25, 0.3) is 0 Å². The summed E-state index contributed by atoms with van der Waals surface area (Å²) in [5.41, 5.74) is 5.49. The lowest BCUT2D eigenvalue weighted by molar-refractivity contribution is -0.149. The number of benzene rings is 2. The van der Waals surface area contributed by atoms with Crippen molar-refractivity contribution in [1.82, 2.24) is 9.91 Å². The summed E-state index contributed by atoms with van der Waals surface area (Å²) >= 11 is 0. The second-order valence-corrected chi connectivity index (χ2v) is 9.03. The average molecular weight is 448 g/mol. The van der Waals surface area contributed by atoms with Gasteiger partial charge in [-0.3, -0.25) is 14.5 Å². The van der Waals surface area contributed by atoms with Gasteiger partial charge < -0.3 is 4.74 Å². The van der Waals surface area contributed by atoms with Crippen LogP contribution < -0.4 is 0 Å². The standard InChI is InChI=1S/C27H33N3O3/c1-4-33-27(32)22-12-14-29(15-13-22)18-26(31)30-25(23-16-19(2)10-11-20(23)3)17-24(28-30)21-8-6-5-7-9-21/h5-11,16,22,25H,4,12-15,17-18H2,1-3H3. The maximum atomic E-state index is 13.5. The Hall–Kier alpha value is -2.99. The number of amides is 1. The third-order valence-electron chi connectivity index (χ3n) is 6.63. The van der Waals surface area contributed by atoms with E-state index in [1.807, 2.05) is 37.3 Å². The van der Waals surface area contributed by atoms with Gasteiger partial charge in [-0.25, -0.2) is 5.01 Å². The van der Waals surface area contributed by atoms with Crippen molar-refractivity contribution in [1.29, 1.82) is 0 Å². The van der Waals surface area contributed by atoms with Crippen LogP contribution in [0.1, 0.15) is 54.5 Å². The van der Waals surface area contributed by atoms with Gasteiger partial charge in [-0.15, -0.1) is 0 Å². The summed E-state index contributed by atoms with van der Waals surface area (Å²) in [5.74, 6) is -0.176. The second-order valence-electron chi connectivity index (χ2n) is 9.03. The van der Waals surface area contributed by atoms with Crippen LogP contribution in [0.4, 0.5) is 0 Å². The highest BCUT2D eigenvalue weighted by molar-refractivity contribution is 6.03. The number of aryl methyl sites for hydroxylation is 2. The van der Waals surface area contributed by atoms with E-state index >= 15 is 0 Å². The molecule has 2 aromatic carbocycles. The van der Waals surface area contributed by atoms with E-state index in [4.69, 9.17) is 9.84 Å². The Kier molecular flexibility index (Phi) is 7.23. The molecule has 0 saturated carbocycles. The number of hydrazone groups is 1. The van der Waals surface area contributed by atoms with Crippen LogP contribution in [0, 0.1) is 19.8 Å². The molecule has 0 spiro atoms. The van der Waals surface area contributed by atoms with Gasteiger partial charge in [0.15, 0.2) is 0 Å². The molecular formula is C27H33N3O3. The molecule has 2 aliphatic heterocycles. The van der Waals surface area contributed by atoms with Crippen molar-refractivity contribution in [3.05, 3.63) is 70.8 Å². The number of esters is 1. The number of nitrogens with zero attached hydrogens (tertiary/aromatic N) is 3. The van der Waals surface area contributed by atoms with E-state index in [0.717, 1.165) is 29.7 Å². The summed E-state index contributed by atoms with van der Waals surface area (Å²) in [6.07, 6.45) is 2.15. The Bertz CT molecular complexity index is 1030. The fourth-order valence-electron chi connectivity index (χ4n) is 4.76. The van der Waals surface area contributed by atoms with E-state index in [9.17, 15) is 9.59 Å². The normalized spacial score (nSPS) is 19.4. The molecule has 1 fully saturated rings. The summed E-state index contributed by atoms with van der Waals surface area (Å²) in [6, 6.07) is 16.4. The number of carbonyl (C=O) groups is 2. The Labute approximate surface area is 196 Å². The summed E-state index contributed by atoms with van der Waals surface area (Å²) in [4.78, 5) is 27.6. The Morgan fingerprint density at radius 3 is 2.48 bits per heavy atom. The number of ether oxygens (including phenoxy) is 1. The quantitative estimate of drug-likeness (QED) is 0.621. The van der Waals surface area contributed by atoms with Crippen LogP contribution in [0.2, 0.25) is 0 Å². The smallest absolute Gasteiger partial charge is 0.309 e. The fraction of sp³-hybridized carbons (Fsp3) is 0.444. The third kappa shape index (κ3) is 5.33. The number of likely N-dealkylation sites (tertiary alicyclic amines) is 1. The highest BCUT2D eigenvalue weighted by atomic mass is 16.5. The van der Waals surface area contributed by atoms with Crippen LogP contribution >= 0.6 is 0 Å². The van der Waals surface area contributed by atoms with Crippen LogP contribution in [-0.2, 0) is 14.3 Å². The van der Waals surface area contributed by atoms with Crippen LogP contribution in [0.5, 0.6) is 0 Å². The minimum Gasteiger partial charge on any atom is -0.466 e. The van der Waals surface area contributed by atoms with Crippen molar-refractivity contribution in [2.24, 2.45) is 11.0 Å². The Morgan fingerprint density at radius 2 is 1.79 bits per heavy atom. The first kappa shape index (κ1) is 23.2. The molecule has 6 heteroatoms. The minimum absolute atomic E-state index is 0.00132. The molecule has 6 nitrogen and oxygen atoms in total. The van der Waals surface area contributed by atoms with Gasteiger partial charge in [0.1, 0.15) is 0 Å². The second kappa shape index (κ2) is 10.3. The van der Waals surface area contributed by atoms with E-state index < -0.39 is 0 Å². The van der Waals surface area contributed by atoms with Gasteiger partial charge in [-0.2, -0.15) is 5.10 Å². The van der Waals surface area contributed by atoms with E-state index in [2.05, 4.69) is 36.9 Å². The highest BCUT2D eigenvalue weighted by Gasteiger charge is 2.35. The molecule has 2 heterocycles. The van der Waals surface area contributed by atoms with Crippen molar-refractivity contribution in [3.8, 4) is 0 Å². The average Bonchev–Trinajstić information content (AvgIpc) is 3.27. The van der Waals surface area contributed by atoms with Gasteiger partial charge in [-0.1, -0.05) is 54.1 Å². The molecule has 174 valence electrons. The first-order valence-electron chi connectivity index (χ1n) is 11.9. The van der Waals surface area contributed by atoms with Gasteiger partial charge in [0, 0.05) is 6.42 Å². The number of hydrogen-bond donors (Lipinski definition) is 0. The largest absolute Gasteiger partial charge is 0.466 e.